The number of rotatable bonds is 3. The zero-order valence-electron chi connectivity index (χ0n) is 10.4. The van der Waals surface area contributed by atoms with Crippen LogP contribution in [0.3, 0.4) is 0 Å². The fourth-order valence-electron chi connectivity index (χ4n) is 2.13. The maximum Gasteiger partial charge on any atom is 0.257 e. The lowest BCUT2D eigenvalue weighted by atomic mass is 10.1. The quantitative estimate of drug-likeness (QED) is 0.791. The van der Waals surface area contributed by atoms with E-state index >= 15 is 0 Å². The molecule has 1 aromatic rings. The van der Waals surface area contributed by atoms with Gasteiger partial charge in [0.2, 0.25) is 0 Å². The van der Waals surface area contributed by atoms with Crippen LogP contribution in [-0.4, -0.2) is 53.8 Å². The molecule has 19 heavy (non-hydrogen) atoms. The molecule has 1 fully saturated rings. The Bertz CT molecular complexity index is 462. The number of carbonyl (C=O) groups is 1. The average molecular weight is 333 g/mol. The van der Waals surface area contributed by atoms with Crippen molar-refractivity contribution < 1.29 is 13.6 Å². The van der Waals surface area contributed by atoms with Gasteiger partial charge in [-0.25, -0.2) is 8.78 Å². The predicted octanol–water partition coefficient (Wildman–Crippen LogP) is 2.12. The van der Waals surface area contributed by atoms with E-state index < -0.39 is 17.5 Å². The number of piperazine rings is 1. The van der Waals surface area contributed by atoms with Gasteiger partial charge in [0.15, 0.2) is 0 Å². The Morgan fingerprint density at radius 2 is 1.89 bits per heavy atom. The molecule has 0 saturated carbocycles. The van der Waals surface area contributed by atoms with Gasteiger partial charge in [0.25, 0.3) is 5.91 Å². The van der Waals surface area contributed by atoms with Gasteiger partial charge in [-0.15, -0.1) is 0 Å². The first-order valence-corrected chi connectivity index (χ1v) is 7.26. The molecule has 1 heterocycles. The summed E-state index contributed by atoms with van der Waals surface area (Å²) in [6.07, 6.45) is 0. The highest BCUT2D eigenvalue weighted by Gasteiger charge is 2.24. The Labute approximate surface area is 119 Å². The number of benzene rings is 1. The lowest BCUT2D eigenvalue weighted by molar-refractivity contribution is 0.0640. The smallest absolute Gasteiger partial charge is 0.257 e. The lowest BCUT2D eigenvalue weighted by Crippen LogP contribution is -2.49. The van der Waals surface area contributed by atoms with Crippen molar-refractivity contribution in [2.24, 2.45) is 0 Å². The molecule has 1 saturated heterocycles. The van der Waals surface area contributed by atoms with Crippen LogP contribution in [0.15, 0.2) is 18.2 Å². The molecule has 0 aromatic heterocycles. The zero-order chi connectivity index (χ0) is 13.8. The molecule has 0 bridgehead atoms. The third kappa shape index (κ3) is 3.51. The minimum Gasteiger partial charge on any atom is -0.336 e. The lowest BCUT2D eigenvalue weighted by Gasteiger charge is -2.34. The molecule has 3 nitrogen and oxygen atoms in total. The van der Waals surface area contributed by atoms with E-state index in [1.807, 2.05) is 0 Å². The highest BCUT2D eigenvalue weighted by atomic mass is 79.9. The van der Waals surface area contributed by atoms with Crippen LogP contribution in [0, 0.1) is 11.6 Å². The number of carbonyl (C=O) groups excluding carboxylic acids is 1. The number of amides is 1. The standard InChI is InChI=1S/C13H15BrF2N2O/c14-3-4-17-5-7-18(8-6-17)13(19)11-9-10(15)1-2-12(11)16/h1-2,9H,3-8H2. The summed E-state index contributed by atoms with van der Waals surface area (Å²) < 4.78 is 26.6. The molecule has 0 N–H and O–H groups in total. The van der Waals surface area contributed by atoms with Crippen LogP contribution in [0.4, 0.5) is 8.78 Å². The van der Waals surface area contributed by atoms with Crippen LogP contribution in [0.1, 0.15) is 10.4 Å². The van der Waals surface area contributed by atoms with Gasteiger partial charge in [0.1, 0.15) is 11.6 Å². The molecular formula is C13H15BrF2N2O. The number of nitrogens with zero attached hydrogens (tertiary/aromatic N) is 2. The van der Waals surface area contributed by atoms with Crippen LogP contribution in [-0.2, 0) is 0 Å². The monoisotopic (exact) mass is 332 g/mol. The largest absolute Gasteiger partial charge is 0.336 e. The predicted molar refractivity (Wildman–Crippen MR) is 72.5 cm³/mol. The molecule has 0 unspecified atom stereocenters. The van der Waals surface area contributed by atoms with E-state index in [2.05, 4.69) is 20.8 Å². The minimum absolute atomic E-state index is 0.186. The van der Waals surface area contributed by atoms with E-state index in [1.165, 1.54) is 0 Å². The van der Waals surface area contributed by atoms with Gasteiger partial charge in [-0.05, 0) is 18.2 Å². The summed E-state index contributed by atoms with van der Waals surface area (Å²) in [6.45, 7) is 3.53. The summed E-state index contributed by atoms with van der Waals surface area (Å²) in [5.41, 5.74) is -0.186. The first kappa shape index (κ1) is 14.4. The molecule has 1 aromatic carbocycles. The van der Waals surface area contributed by atoms with E-state index in [4.69, 9.17) is 0 Å². The van der Waals surface area contributed by atoms with Crippen molar-refractivity contribution in [2.45, 2.75) is 0 Å². The maximum atomic E-state index is 13.5. The number of hydrogen-bond donors (Lipinski definition) is 0. The first-order chi connectivity index (χ1) is 9.11. The van der Waals surface area contributed by atoms with Gasteiger partial charge in [-0.2, -0.15) is 0 Å². The molecule has 1 aliphatic rings. The second-order valence-electron chi connectivity index (χ2n) is 4.45. The number of alkyl halides is 1. The van der Waals surface area contributed by atoms with E-state index in [1.54, 1.807) is 4.90 Å². The Morgan fingerprint density at radius 1 is 1.21 bits per heavy atom. The second kappa shape index (κ2) is 6.43. The van der Waals surface area contributed by atoms with Crippen molar-refractivity contribution in [1.82, 2.24) is 9.80 Å². The van der Waals surface area contributed by atoms with Crippen LogP contribution >= 0.6 is 15.9 Å². The van der Waals surface area contributed by atoms with Crippen LogP contribution in [0.2, 0.25) is 0 Å². The van der Waals surface area contributed by atoms with E-state index in [-0.39, 0.29) is 5.56 Å². The molecule has 0 spiro atoms. The molecular weight excluding hydrogens is 318 g/mol. The zero-order valence-corrected chi connectivity index (χ0v) is 12.0. The Kier molecular flexibility index (Phi) is 4.87. The van der Waals surface area contributed by atoms with Gasteiger partial charge in [-0.3, -0.25) is 9.69 Å². The van der Waals surface area contributed by atoms with Crippen molar-refractivity contribution in [3.05, 3.63) is 35.4 Å². The molecule has 104 valence electrons. The molecule has 0 radical (unpaired) electrons. The molecule has 1 amide bonds. The summed E-state index contributed by atoms with van der Waals surface area (Å²) >= 11 is 3.37. The van der Waals surface area contributed by atoms with Gasteiger partial charge in [-0.1, -0.05) is 15.9 Å². The van der Waals surface area contributed by atoms with Gasteiger partial charge in [0, 0.05) is 38.1 Å². The van der Waals surface area contributed by atoms with Gasteiger partial charge < -0.3 is 4.90 Å². The second-order valence-corrected chi connectivity index (χ2v) is 5.24. The normalized spacial score (nSPS) is 16.7. The van der Waals surface area contributed by atoms with Crippen LogP contribution in [0.25, 0.3) is 0 Å². The summed E-state index contributed by atoms with van der Waals surface area (Å²) in [6, 6.07) is 2.96. The topological polar surface area (TPSA) is 23.6 Å². The summed E-state index contributed by atoms with van der Waals surface area (Å²) in [5, 5.41) is 0.888. The molecule has 1 aliphatic heterocycles. The van der Waals surface area contributed by atoms with Gasteiger partial charge in [0.05, 0.1) is 5.56 Å². The third-order valence-corrected chi connectivity index (χ3v) is 3.57. The van der Waals surface area contributed by atoms with Crippen molar-refractivity contribution in [1.29, 1.82) is 0 Å². The fourth-order valence-corrected chi connectivity index (χ4v) is 2.63. The summed E-state index contributed by atoms with van der Waals surface area (Å²) in [4.78, 5) is 15.9. The Balaban J connectivity index is 2.03. The van der Waals surface area contributed by atoms with E-state index in [0.29, 0.717) is 13.1 Å². The van der Waals surface area contributed by atoms with E-state index in [9.17, 15) is 13.6 Å². The molecule has 0 aliphatic carbocycles. The average Bonchev–Trinajstić information content (AvgIpc) is 2.42. The number of halogens is 3. The number of hydrogen-bond acceptors (Lipinski definition) is 2. The van der Waals surface area contributed by atoms with Crippen molar-refractivity contribution in [3.8, 4) is 0 Å². The van der Waals surface area contributed by atoms with Crippen molar-refractivity contribution >= 4 is 21.8 Å². The Morgan fingerprint density at radius 3 is 2.53 bits per heavy atom. The highest BCUT2D eigenvalue weighted by molar-refractivity contribution is 9.09. The molecule has 2 rings (SSSR count). The van der Waals surface area contributed by atoms with Crippen LogP contribution < -0.4 is 0 Å². The van der Waals surface area contributed by atoms with Crippen molar-refractivity contribution in [3.63, 3.8) is 0 Å². The fraction of sp³-hybridized carbons (Fsp3) is 0.462. The first-order valence-electron chi connectivity index (χ1n) is 6.14. The van der Waals surface area contributed by atoms with E-state index in [0.717, 1.165) is 43.2 Å². The molecule has 0 atom stereocenters. The summed E-state index contributed by atoms with van der Waals surface area (Å²) in [5.74, 6) is -1.70. The highest BCUT2D eigenvalue weighted by Crippen LogP contribution is 2.14. The van der Waals surface area contributed by atoms with Crippen molar-refractivity contribution in [2.75, 3.05) is 38.1 Å². The van der Waals surface area contributed by atoms with Crippen LogP contribution in [0.5, 0.6) is 0 Å². The molecule has 6 heteroatoms. The maximum absolute atomic E-state index is 13.5. The summed E-state index contributed by atoms with van der Waals surface area (Å²) in [7, 11) is 0. The SMILES string of the molecule is O=C(c1cc(F)ccc1F)N1CCN(CCBr)CC1. The minimum atomic E-state index is -0.672. The van der Waals surface area contributed by atoms with Gasteiger partial charge >= 0.3 is 0 Å². The third-order valence-electron chi connectivity index (χ3n) is 3.22. The Hall–Kier alpha value is -1.01.